The molecule has 0 bridgehead atoms. The van der Waals surface area contributed by atoms with Crippen LogP contribution in [0.25, 0.3) is 0 Å². The molecule has 2 aliphatic heterocycles. The van der Waals surface area contributed by atoms with Crippen molar-refractivity contribution >= 4 is 35.3 Å². The number of nitrogens with one attached hydrogen (secondary N) is 2. The van der Waals surface area contributed by atoms with Crippen molar-refractivity contribution < 1.29 is 14.4 Å². The first kappa shape index (κ1) is 23.0. The smallest absolute Gasteiger partial charge is 0.317 e. The van der Waals surface area contributed by atoms with Crippen LogP contribution in [0.3, 0.4) is 0 Å². The molecule has 2 N–H and O–H groups in total. The maximum atomic E-state index is 12.8. The van der Waals surface area contributed by atoms with Crippen LogP contribution in [0.15, 0.2) is 29.2 Å². The van der Waals surface area contributed by atoms with Gasteiger partial charge in [0.25, 0.3) is 0 Å². The van der Waals surface area contributed by atoms with E-state index in [2.05, 4.69) is 10.6 Å². The van der Waals surface area contributed by atoms with E-state index in [0.717, 1.165) is 36.3 Å². The molecule has 1 atom stereocenters. The SMILES string of the molecule is CSc1ccc(N2CC(C(=O)NC3CCN(C(=O)NC4CCCCC4)CC3)CC2=O)cc1. The van der Waals surface area contributed by atoms with E-state index in [9.17, 15) is 14.4 Å². The molecule has 8 heteroatoms. The van der Waals surface area contributed by atoms with Gasteiger partial charge in [-0.25, -0.2) is 4.79 Å². The maximum Gasteiger partial charge on any atom is 0.317 e. The summed E-state index contributed by atoms with van der Waals surface area (Å²) in [4.78, 5) is 42.6. The van der Waals surface area contributed by atoms with E-state index in [1.807, 2.05) is 35.4 Å². The molecule has 1 unspecified atom stereocenters. The number of hydrogen-bond acceptors (Lipinski definition) is 4. The molecule has 0 radical (unpaired) electrons. The third-order valence-electron chi connectivity index (χ3n) is 6.94. The Hall–Kier alpha value is -2.22. The highest BCUT2D eigenvalue weighted by Gasteiger charge is 2.36. The van der Waals surface area contributed by atoms with Crippen molar-refractivity contribution in [2.45, 2.75) is 68.3 Å². The molecule has 1 saturated carbocycles. The number of amides is 4. The summed E-state index contributed by atoms with van der Waals surface area (Å²) in [6.45, 7) is 1.73. The zero-order chi connectivity index (χ0) is 22.5. The van der Waals surface area contributed by atoms with Gasteiger partial charge in [-0.2, -0.15) is 0 Å². The number of anilines is 1. The van der Waals surface area contributed by atoms with Crippen LogP contribution in [-0.2, 0) is 9.59 Å². The first-order chi connectivity index (χ1) is 15.5. The van der Waals surface area contributed by atoms with Crippen LogP contribution in [0.5, 0.6) is 0 Å². The lowest BCUT2D eigenvalue weighted by Crippen LogP contribution is -2.52. The number of thioether (sulfide) groups is 1. The van der Waals surface area contributed by atoms with E-state index in [1.165, 1.54) is 19.3 Å². The summed E-state index contributed by atoms with van der Waals surface area (Å²) in [6, 6.07) is 8.29. The zero-order valence-electron chi connectivity index (χ0n) is 18.8. The lowest BCUT2D eigenvalue weighted by Gasteiger charge is -2.34. The van der Waals surface area contributed by atoms with E-state index < -0.39 is 0 Å². The predicted octanol–water partition coefficient (Wildman–Crippen LogP) is 3.38. The van der Waals surface area contributed by atoms with Crippen LogP contribution < -0.4 is 15.5 Å². The maximum absolute atomic E-state index is 12.8. The molecule has 2 heterocycles. The Balaban J connectivity index is 1.22. The van der Waals surface area contributed by atoms with E-state index in [-0.39, 0.29) is 36.2 Å². The van der Waals surface area contributed by atoms with Crippen molar-refractivity contribution in [1.82, 2.24) is 15.5 Å². The fraction of sp³-hybridized carbons (Fsp3) is 0.625. The van der Waals surface area contributed by atoms with Crippen molar-refractivity contribution in [1.29, 1.82) is 0 Å². The second-order valence-corrected chi connectivity index (χ2v) is 10.0. The molecule has 4 amide bonds. The Kier molecular flexibility index (Phi) is 7.60. The minimum absolute atomic E-state index is 0.00347. The largest absolute Gasteiger partial charge is 0.353 e. The Morgan fingerprint density at radius 2 is 1.59 bits per heavy atom. The highest BCUT2D eigenvalue weighted by molar-refractivity contribution is 7.98. The van der Waals surface area contributed by atoms with Gasteiger partial charge in [0.2, 0.25) is 11.8 Å². The first-order valence-electron chi connectivity index (χ1n) is 11.8. The average Bonchev–Trinajstić information content (AvgIpc) is 3.22. The van der Waals surface area contributed by atoms with E-state index >= 15 is 0 Å². The Bertz CT molecular complexity index is 817. The van der Waals surface area contributed by atoms with Gasteiger partial charge < -0.3 is 20.4 Å². The van der Waals surface area contributed by atoms with E-state index in [0.29, 0.717) is 25.7 Å². The van der Waals surface area contributed by atoms with Gasteiger partial charge in [0.05, 0.1) is 5.92 Å². The van der Waals surface area contributed by atoms with Crippen LogP contribution in [0.2, 0.25) is 0 Å². The van der Waals surface area contributed by atoms with Gasteiger partial charge in [0, 0.05) is 48.7 Å². The number of benzene rings is 1. The lowest BCUT2D eigenvalue weighted by atomic mass is 9.95. The van der Waals surface area contributed by atoms with Gasteiger partial charge in [-0.05, 0) is 56.2 Å². The zero-order valence-corrected chi connectivity index (χ0v) is 19.7. The Labute approximate surface area is 194 Å². The molecule has 1 aromatic carbocycles. The lowest BCUT2D eigenvalue weighted by molar-refractivity contribution is -0.127. The van der Waals surface area contributed by atoms with E-state index in [1.54, 1.807) is 16.7 Å². The molecule has 4 rings (SSSR count). The van der Waals surface area contributed by atoms with Gasteiger partial charge in [-0.15, -0.1) is 11.8 Å². The highest BCUT2D eigenvalue weighted by Crippen LogP contribution is 2.27. The second kappa shape index (κ2) is 10.6. The van der Waals surface area contributed by atoms with Crippen molar-refractivity contribution in [2.24, 2.45) is 5.92 Å². The molecule has 0 spiro atoms. The van der Waals surface area contributed by atoms with Gasteiger partial charge in [-0.3, -0.25) is 9.59 Å². The molecule has 2 saturated heterocycles. The van der Waals surface area contributed by atoms with Gasteiger partial charge in [-0.1, -0.05) is 19.3 Å². The number of likely N-dealkylation sites (tertiary alicyclic amines) is 1. The fourth-order valence-electron chi connectivity index (χ4n) is 4.95. The van der Waals surface area contributed by atoms with Crippen molar-refractivity contribution in [3.63, 3.8) is 0 Å². The molecular formula is C24H34N4O3S. The van der Waals surface area contributed by atoms with Crippen LogP contribution in [-0.4, -0.2) is 60.7 Å². The second-order valence-electron chi connectivity index (χ2n) is 9.16. The Morgan fingerprint density at radius 3 is 2.25 bits per heavy atom. The van der Waals surface area contributed by atoms with E-state index in [4.69, 9.17) is 0 Å². The summed E-state index contributed by atoms with van der Waals surface area (Å²) < 4.78 is 0. The van der Waals surface area contributed by atoms with Crippen molar-refractivity contribution in [3.05, 3.63) is 24.3 Å². The monoisotopic (exact) mass is 458 g/mol. The predicted molar refractivity (Wildman–Crippen MR) is 127 cm³/mol. The molecule has 32 heavy (non-hydrogen) atoms. The number of urea groups is 1. The minimum atomic E-state index is -0.324. The number of piperidine rings is 1. The van der Waals surface area contributed by atoms with Gasteiger partial charge >= 0.3 is 6.03 Å². The number of hydrogen-bond donors (Lipinski definition) is 2. The van der Waals surface area contributed by atoms with Gasteiger partial charge in [0.1, 0.15) is 0 Å². The molecule has 1 aromatic rings. The number of rotatable bonds is 5. The van der Waals surface area contributed by atoms with Crippen LogP contribution in [0.1, 0.15) is 51.4 Å². The first-order valence-corrected chi connectivity index (χ1v) is 13.1. The molecule has 0 aromatic heterocycles. The number of carbonyl (C=O) groups is 3. The third kappa shape index (κ3) is 5.57. The molecule has 1 aliphatic carbocycles. The minimum Gasteiger partial charge on any atom is -0.353 e. The molecule has 174 valence electrons. The average molecular weight is 459 g/mol. The summed E-state index contributed by atoms with van der Waals surface area (Å²) >= 11 is 1.66. The van der Waals surface area contributed by atoms with Gasteiger partial charge in [0.15, 0.2) is 0 Å². The summed E-state index contributed by atoms with van der Waals surface area (Å²) in [5.41, 5.74) is 0.848. The quantitative estimate of drug-likeness (QED) is 0.663. The molecule has 3 fully saturated rings. The van der Waals surface area contributed by atoms with Crippen molar-refractivity contribution in [2.75, 3.05) is 30.8 Å². The summed E-state index contributed by atoms with van der Waals surface area (Å²) in [6.07, 6.45) is 9.60. The highest BCUT2D eigenvalue weighted by atomic mass is 32.2. The summed E-state index contributed by atoms with van der Waals surface area (Å²) in [5, 5.41) is 6.31. The number of nitrogens with zero attached hydrogens (tertiary/aromatic N) is 2. The molecule has 7 nitrogen and oxygen atoms in total. The van der Waals surface area contributed by atoms with Crippen molar-refractivity contribution in [3.8, 4) is 0 Å². The normalized spacial score (nSPS) is 22.8. The fourth-order valence-corrected chi connectivity index (χ4v) is 5.36. The molecule has 3 aliphatic rings. The topological polar surface area (TPSA) is 81.8 Å². The van der Waals surface area contributed by atoms with Crippen LogP contribution in [0.4, 0.5) is 10.5 Å². The summed E-state index contributed by atoms with van der Waals surface area (Å²) in [5.74, 6) is -0.377. The van der Waals surface area contributed by atoms with Crippen LogP contribution >= 0.6 is 11.8 Å². The summed E-state index contributed by atoms with van der Waals surface area (Å²) in [7, 11) is 0. The molecular weight excluding hydrogens is 424 g/mol. The third-order valence-corrected chi connectivity index (χ3v) is 7.68. The standard InChI is InChI=1S/C24H34N4O3S/c1-32-21-9-7-20(8-10-21)28-16-17(15-22(28)29)23(30)25-19-11-13-27(14-12-19)24(31)26-18-5-3-2-4-6-18/h7-10,17-19H,2-6,11-16H2,1H3,(H,25,30)(H,26,31). The number of carbonyl (C=O) groups excluding carboxylic acids is 3. The van der Waals surface area contributed by atoms with Crippen LogP contribution in [0, 0.1) is 5.92 Å². The Morgan fingerprint density at radius 1 is 0.938 bits per heavy atom.